The van der Waals surface area contributed by atoms with Crippen molar-refractivity contribution in [3.63, 3.8) is 0 Å². The lowest BCUT2D eigenvalue weighted by atomic mass is 10.5. The van der Waals surface area contributed by atoms with Crippen molar-refractivity contribution >= 4 is 9.84 Å². The van der Waals surface area contributed by atoms with Gasteiger partial charge in [-0.15, -0.1) is 0 Å². The van der Waals surface area contributed by atoms with E-state index in [1.807, 2.05) is 0 Å². The van der Waals surface area contributed by atoms with Gasteiger partial charge in [-0.05, 0) is 0 Å². The van der Waals surface area contributed by atoms with Gasteiger partial charge >= 0.3 is 0 Å². The van der Waals surface area contributed by atoms with Crippen LogP contribution in [0, 0.1) is 0 Å². The minimum Gasteiger partial charge on any atom is -0.329 e. The molecule has 0 rings (SSSR count). The SMILES string of the molecule is CC(F)(F)CS(=O)(=O)CCN. The Morgan fingerprint density at radius 3 is 2.18 bits per heavy atom. The molecule has 68 valence electrons. The van der Waals surface area contributed by atoms with Crippen LogP contribution in [0.5, 0.6) is 0 Å². The summed E-state index contributed by atoms with van der Waals surface area (Å²) in [5, 5.41) is 0. The minimum absolute atomic E-state index is 0.113. The third kappa shape index (κ3) is 6.18. The number of hydrogen-bond acceptors (Lipinski definition) is 3. The summed E-state index contributed by atoms with van der Waals surface area (Å²) >= 11 is 0. The molecule has 11 heavy (non-hydrogen) atoms. The fourth-order valence-corrected chi connectivity index (χ4v) is 1.91. The molecule has 0 heterocycles. The maximum atomic E-state index is 12.1. The molecule has 0 aliphatic heterocycles. The highest BCUT2D eigenvalue weighted by molar-refractivity contribution is 7.91. The Labute approximate surface area is 64.5 Å². The van der Waals surface area contributed by atoms with Gasteiger partial charge in [0.2, 0.25) is 0 Å². The molecular formula is C5H11F2NO2S. The standard InChI is InChI=1S/C5H11F2NO2S/c1-5(6,7)4-11(9,10)3-2-8/h2-4,8H2,1H3. The van der Waals surface area contributed by atoms with Crippen LogP contribution >= 0.6 is 0 Å². The van der Waals surface area contributed by atoms with Crippen LogP contribution in [-0.4, -0.2) is 32.4 Å². The molecule has 0 amide bonds. The quantitative estimate of drug-likeness (QED) is 0.674. The molecule has 0 aromatic heterocycles. The summed E-state index contributed by atoms with van der Waals surface area (Å²) in [6.07, 6.45) is 0. The van der Waals surface area contributed by atoms with E-state index in [1.165, 1.54) is 0 Å². The van der Waals surface area contributed by atoms with Gasteiger partial charge in [0.25, 0.3) is 5.92 Å². The molecule has 6 heteroatoms. The summed E-state index contributed by atoms with van der Waals surface area (Å²) < 4.78 is 45.6. The van der Waals surface area contributed by atoms with Gasteiger partial charge < -0.3 is 5.73 Å². The largest absolute Gasteiger partial charge is 0.329 e. The predicted octanol–water partition coefficient (Wildman–Crippen LogP) is 0.0151. The Bertz CT molecular complexity index is 207. The van der Waals surface area contributed by atoms with Gasteiger partial charge in [0, 0.05) is 13.5 Å². The first kappa shape index (κ1) is 10.8. The van der Waals surface area contributed by atoms with Crippen molar-refractivity contribution in [3.05, 3.63) is 0 Å². The highest BCUT2D eigenvalue weighted by Crippen LogP contribution is 2.14. The van der Waals surface area contributed by atoms with Crippen molar-refractivity contribution in [1.29, 1.82) is 0 Å². The van der Waals surface area contributed by atoms with Crippen LogP contribution in [0.3, 0.4) is 0 Å². The monoisotopic (exact) mass is 187 g/mol. The lowest BCUT2D eigenvalue weighted by Crippen LogP contribution is -2.28. The van der Waals surface area contributed by atoms with E-state index >= 15 is 0 Å². The topological polar surface area (TPSA) is 60.2 Å². The predicted molar refractivity (Wildman–Crippen MR) is 38.3 cm³/mol. The number of halogens is 2. The van der Waals surface area contributed by atoms with Crippen LogP contribution in [0.25, 0.3) is 0 Å². The van der Waals surface area contributed by atoms with Crippen molar-refractivity contribution in [3.8, 4) is 0 Å². The van der Waals surface area contributed by atoms with E-state index in [0.29, 0.717) is 6.92 Å². The fraction of sp³-hybridized carbons (Fsp3) is 1.00. The van der Waals surface area contributed by atoms with E-state index in [2.05, 4.69) is 0 Å². The summed E-state index contributed by atoms with van der Waals surface area (Å²) in [6.45, 7) is 0.458. The van der Waals surface area contributed by atoms with E-state index in [-0.39, 0.29) is 12.3 Å². The van der Waals surface area contributed by atoms with Gasteiger partial charge in [-0.1, -0.05) is 0 Å². The summed E-state index contributed by atoms with van der Waals surface area (Å²) in [6, 6.07) is 0. The molecule has 0 fully saturated rings. The van der Waals surface area contributed by atoms with Crippen molar-refractivity contribution < 1.29 is 17.2 Å². The van der Waals surface area contributed by atoms with E-state index < -0.39 is 21.5 Å². The summed E-state index contributed by atoms with van der Waals surface area (Å²) in [5.74, 6) is -4.65. The molecule has 0 aromatic rings. The molecule has 0 radical (unpaired) electrons. The molecule has 0 saturated heterocycles. The van der Waals surface area contributed by atoms with Crippen LogP contribution in [0.2, 0.25) is 0 Å². The smallest absolute Gasteiger partial charge is 0.259 e. The molecule has 0 atom stereocenters. The molecule has 0 saturated carbocycles. The fourth-order valence-electron chi connectivity index (χ4n) is 0.638. The van der Waals surface area contributed by atoms with Crippen LogP contribution < -0.4 is 5.73 Å². The Hall–Kier alpha value is -0.230. The molecule has 0 aromatic carbocycles. The van der Waals surface area contributed by atoms with Crippen LogP contribution in [0.1, 0.15) is 6.92 Å². The molecule has 0 unspecified atom stereocenters. The lowest BCUT2D eigenvalue weighted by molar-refractivity contribution is 0.0474. The van der Waals surface area contributed by atoms with Gasteiger partial charge in [0.15, 0.2) is 9.84 Å². The average Bonchev–Trinajstić information content (AvgIpc) is 1.55. The minimum atomic E-state index is -3.66. The van der Waals surface area contributed by atoms with E-state index in [1.54, 1.807) is 0 Å². The van der Waals surface area contributed by atoms with Crippen LogP contribution in [-0.2, 0) is 9.84 Å². The van der Waals surface area contributed by atoms with Crippen molar-refractivity contribution in [2.24, 2.45) is 5.73 Å². The van der Waals surface area contributed by atoms with E-state index in [9.17, 15) is 17.2 Å². The van der Waals surface area contributed by atoms with Crippen molar-refractivity contribution in [1.82, 2.24) is 0 Å². The first-order chi connectivity index (χ1) is 4.77. The van der Waals surface area contributed by atoms with Gasteiger partial charge in [-0.2, -0.15) is 0 Å². The molecular weight excluding hydrogens is 176 g/mol. The lowest BCUT2D eigenvalue weighted by Gasteiger charge is -2.09. The first-order valence-corrected chi connectivity index (χ1v) is 4.87. The van der Waals surface area contributed by atoms with E-state index in [0.717, 1.165) is 0 Å². The zero-order chi connectivity index (χ0) is 9.12. The number of sulfone groups is 1. The maximum absolute atomic E-state index is 12.1. The number of alkyl halides is 2. The molecule has 3 nitrogen and oxygen atoms in total. The maximum Gasteiger partial charge on any atom is 0.259 e. The highest BCUT2D eigenvalue weighted by Gasteiger charge is 2.29. The second-order valence-corrected chi connectivity index (χ2v) is 4.63. The molecule has 0 spiro atoms. The average molecular weight is 187 g/mol. The third-order valence-electron chi connectivity index (χ3n) is 0.902. The normalized spacial score (nSPS) is 13.5. The van der Waals surface area contributed by atoms with Gasteiger partial charge in [-0.3, -0.25) is 0 Å². The Morgan fingerprint density at radius 1 is 1.45 bits per heavy atom. The Balaban J connectivity index is 4.15. The number of hydrogen-bond donors (Lipinski definition) is 1. The third-order valence-corrected chi connectivity index (χ3v) is 2.71. The van der Waals surface area contributed by atoms with Gasteiger partial charge in [-0.25, -0.2) is 17.2 Å². The second kappa shape index (κ2) is 3.44. The highest BCUT2D eigenvalue weighted by atomic mass is 32.2. The zero-order valence-electron chi connectivity index (χ0n) is 6.18. The number of nitrogens with two attached hydrogens (primary N) is 1. The van der Waals surface area contributed by atoms with Crippen LogP contribution in [0.4, 0.5) is 8.78 Å². The number of rotatable bonds is 4. The summed E-state index contributed by atoms with van der Waals surface area (Å²) in [5.41, 5.74) is 4.91. The van der Waals surface area contributed by atoms with Gasteiger partial charge in [0.05, 0.1) is 5.75 Å². The van der Waals surface area contributed by atoms with E-state index in [4.69, 9.17) is 5.73 Å². The van der Waals surface area contributed by atoms with Crippen LogP contribution in [0.15, 0.2) is 0 Å². The van der Waals surface area contributed by atoms with Crippen molar-refractivity contribution in [2.75, 3.05) is 18.1 Å². The summed E-state index contributed by atoms with van der Waals surface area (Å²) in [4.78, 5) is 0. The summed E-state index contributed by atoms with van der Waals surface area (Å²) in [7, 11) is -3.66. The molecule has 0 aliphatic rings. The second-order valence-electron chi connectivity index (χ2n) is 2.45. The Kier molecular flexibility index (Phi) is 3.37. The Morgan fingerprint density at radius 2 is 1.91 bits per heavy atom. The van der Waals surface area contributed by atoms with Gasteiger partial charge in [0.1, 0.15) is 5.75 Å². The molecule has 2 N–H and O–H groups in total. The van der Waals surface area contributed by atoms with Crippen molar-refractivity contribution in [2.45, 2.75) is 12.8 Å². The molecule has 0 bridgehead atoms. The molecule has 0 aliphatic carbocycles. The zero-order valence-corrected chi connectivity index (χ0v) is 7.00. The first-order valence-electron chi connectivity index (χ1n) is 3.05.